The summed E-state index contributed by atoms with van der Waals surface area (Å²) < 4.78 is 26.2. The van der Waals surface area contributed by atoms with Crippen molar-refractivity contribution in [2.45, 2.75) is 64.3 Å². The van der Waals surface area contributed by atoms with E-state index in [4.69, 9.17) is 0 Å². The minimum absolute atomic E-state index is 0.0224. The first-order valence-corrected chi connectivity index (χ1v) is 13.7. The Hall–Kier alpha value is -1.32. The van der Waals surface area contributed by atoms with Crippen LogP contribution >= 0.6 is 23.1 Å². The summed E-state index contributed by atoms with van der Waals surface area (Å²) in [6, 6.07) is 3.71. The van der Waals surface area contributed by atoms with Gasteiger partial charge < -0.3 is 9.47 Å². The molecule has 0 bridgehead atoms. The number of aryl methyl sites for hydroxylation is 1. The van der Waals surface area contributed by atoms with Crippen molar-refractivity contribution in [2.24, 2.45) is 0 Å². The van der Waals surface area contributed by atoms with Crippen LogP contribution in [0, 0.1) is 13.8 Å². The quantitative estimate of drug-likeness (QED) is 0.540. The van der Waals surface area contributed by atoms with E-state index in [2.05, 4.69) is 23.4 Å². The van der Waals surface area contributed by atoms with Crippen LogP contribution in [-0.2, 0) is 27.7 Å². The van der Waals surface area contributed by atoms with Crippen molar-refractivity contribution in [3.05, 3.63) is 33.8 Å². The lowest BCUT2D eigenvalue weighted by atomic mass is 10.2. The fourth-order valence-corrected chi connectivity index (χ4v) is 6.97. The van der Waals surface area contributed by atoms with Crippen LogP contribution in [0.1, 0.15) is 42.5 Å². The predicted molar refractivity (Wildman–Crippen MR) is 119 cm³/mol. The summed E-state index contributed by atoms with van der Waals surface area (Å²) in [5.41, 5.74) is 2.14. The molecule has 2 aromatic heterocycles. The molecule has 0 aromatic carbocycles. The number of hydrogen-bond donors (Lipinski definition) is 0. The highest BCUT2D eigenvalue weighted by Crippen LogP contribution is 2.26. The zero-order valence-electron chi connectivity index (χ0n) is 17.3. The minimum Gasteiger partial charge on any atom is -0.333 e. The number of nitrogens with zero attached hydrogens (tertiary/aromatic N) is 3. The van der Waals surface area contributed by atoms with Gasteiger partial charge in [-0.3, -0.25) is 4.79 Å². The zero-order chi connectivity index (χ0) is 21.0. The lowest BCUT2D eigenvalue weighted by Gasteiger charge is -2.28. The van der Waals surface area contributed by atoms with Crippen LogP contribution in [0.25, 0.3) is 0 Å². The summed E-state index contributed by atoms with van der Waals surface area (Å²) in [6.07, 6.45) is 2.69. The van der Waals surface area contributed by atoms with E-state index in [1.807, 2.05) is 24.4 Å². The molecule has 1 aliphatic rings. The highest BCUT2D eigenvalue weighted by Gasteiger charge is 2.34. The summed E-state index contributed by atoms with van der Waals surface area (Å²) in [5.74, 6) is 0.479. The topological polar surface area (TPSA) is 72.3 Å². The first kappa shape index (κ1) is 22.4. The van der Waals surface area contributed by atoms with E-state index >= 15 is 0 Å². The second-order valence-corrected chi connectivity index (χ2v) is 11.7. The summed E-state index contributed by atoms with van der Waals surface area (Å²) >= 11 is 3.05. The van der Waals surface area contributed by atoms with Crippen molar-refractivity contribution < 1.29 is 13.2 Å². The Balaban J connectivity index is 1.72. The Morgan fingerprint density at radius 2 is 2.21 bits per heavy atom. The molecule has 0 radical (unpaired) electrons. The van der Waals surface area contributed by atoms with Crippen LogP contribution in [0.4, 0.5) is 0 Å². The molecular formula is C20H29N3O3S3. The molecule has 3 heterocycles. The third-order valence-electron chi connectivity index (χ3n) is 5.36. The van der Waals surface area contributed by atoms with Gasteiger partial charge >= 0.3 is 0 Å². The van der Waals surface area contributed by atoms with Crippen molar-refractivity contribution in [2.75, 3.05) is 17.3 Å². The number of carbonyl (C=O) groups excluding carboxylic acids is 1. The third kappa shape index (κ3) is 5.64. The molecule has 3 rings (SSSR count). The highest BCUT2D eigenvalue weighted by atomic mass is 32.2. The molecule has 1 unspecified atom stereocenters. The maximum absolute atomic E-state index is 13.1. The number of aromatic nitrogens is 2. The molecule has 2 aromatic rings. The number of hydrogen-bond acceptors (Lipinski definition) is 6. The maximum Gasteiger partial charge on any atom is 0.233 e. The molecule has 1 saturated heterocycles. The van der Waals surface area contributed by atoms with Crippen LogP contribution in [0.3, 0.4) is 0 Å². The van der Waals surface area contributed by atoms with Crippen molar-refractivity contribution in [1.29, 1.82) is 0 Å². The van der Waals surface area contributed by atoms with E-state index in [-0.39, 0.29) is 29.2 Å². The molecule has 1 fully saturated rings. The molecule has 1 amide bonds. The summed E-state index contributed by atoms with van der Waals surface area (Å²) in [5, 5.41) is 2.85. The Morgan fingerprint density at radius 1 is 1.41 bits per heavy atom. The van der Waals surface area contributed by atoms with Crippen molar-refractivity contribution in [3.8, 4) is 0 Å². The molecule has 0 spiro atoms. The van der Waals surface area contributed by atoms with E-state index in [0.29, 0.717) is 13.0 Å². The minimum atomic E-state index is -3.05. The Kier molecular flexibility index (Phi) is 7.45. The molecule has 0 aliphatic carbocycles. The number of amides is 1. The van der Waals surface area contributed by atoms with E-state index in [1.54, 1.807) is 16.2 Å². The highest BCUT2D eigenvalue weighted by molar-refractivity contribution is 7.99. The van der Waals surface area contributed by atoms with Gasteiger partial charge in [0.15, 0.2) is 15.0 Å². The summed E-state index contributed by atoms with van der Waals surface area (Å²) in [6.45, 7) is 7.60. The standard InChI is InChI=1S/C20H29N3O3S3/c1-4-5-9-22-16(3)15(2)21-20(22)28-13-19(24)23(12-18-7-6-10-27-18)17-8-11-29(25,26)14-17/h6-7,10,17H,4-5,8-9,11-14H2,1-3H3. The van der Waals surface area contributed by atoms with Gasteiger partial charge in [-0.05, 0) is 38.1 Å². The molecule has 29 heavy (non-hydrogen) atoms. The third-order valence-corrected chi connectivity index (χ3v) is 8.93. The predicted octanol–water partition coefficient (Wildman–Crippen LogP) is 3.67. The van der Waals surface area contributed by atoms with Gasteiger partial charge in [0.25, 0.3) is 0 Å². The number of sulfone groups is 1. The van der Waals surface area contributed by atoms with E-state index in [0.717, 1.165) is 40.8 Å². The fourth-order valence-electron chi connectivity index (χ4n) is 3.54. The second-order valence-electron chi connectivity index (χ2n) is 7.52. The normalized spacial score (nSPS) is 18.2. The van der Waals surface area contributed by atoms with Gasteiger partial charge in [-0.25, -0.2) is 13.4 Å². The van der Waals surface area contributed by atoms with Crippen molar-refractivity contribution in [1.82, 2.24) is 14.5 Å². The number of carbonyl (C=O) groups is 1. The van der Waals surface area contributed by atoms with E-state index in [9.17, 15) is 13.2 Å². The smallest absolute Gasteiger partial charge is 0.233 e. The number of unbranched alkanes of at least 4 members (excludes halogenated alkanes) is 1. The van der Waals surface area contributed by atoms with Crippen LogP contribution in [0.2, 0.25) is 0 Å². The largest absolute Gasteiger partial charge is 0.333 e. The average molecular weight is 456 g/mol. The van der Waals surface area contributed by atoms with Gasteiger partial charge in [0.2, 0.25) is 5.91 Å². The van der Waals surface area contributed by atoms with Crippen molar-refractivity contribution >= 4 is 38.8 Å². The lowest BCUT2D eigenvalue weighted by molar-refractivity contribution is -0.130. The monoisotopic (exact) mass is 455 g/mol. The molecule has 1 atom stereocenters. The molecule has 9 heteroatoms. The molecular weight excluding hydrogens is 426 g/mol. The van der Waals surface area contributed by atoms with Crippen molar-refractivity contribution in [3.63, 3.8) is 0 Å². The molecule has 1 aliphatic heterocycles. The van der Waals surface area contributed by atoms with Crippen LogP contribution in [-0.4, -0.2) is 52.1 Å². The number of imidazole rings is 1. The zero-order valence-corrected chi connectivity index (χ0v) is 19.7. The van der Waals surface area contributed by atoms with Gasteiger partial charge in [-0.15, -0.1) is 11.3 Å². The second kappa shape index (κ2) is 9.66. The van der Waals surface area contributed by atoms with Crippen LogP contribution in [0.15, 0.2) is 22.7 Å². The Morgan fingerprint density at radius 3 is 2.83 bits per heavy atom. The number of rotatable bonds is 9. The average Bonchev–Trinajstić information content (AvgIpc) is 3.37. The maximum atomic E-state index is 13.1. The van der Waals surface area contributed by atoms with Gasteiger partial charge in [-0.2, -0.15) is 0 Å². The fraction of sp³-hybridized carbons (Fsp3) is 0.600. The van der Waals surface area contributed by atoms with Gasteiger partial charge in [0.05, 0.1) is 29.5 Å². The Bertz CT molecular complexity index is 936. The van der Waals surface area contributed by atoms with Gasteiger partial charge in [0.1, 0.15) is 0 Å². The molecule has 6 nitrogen and oxygen atoms in total. The molecule has 160 valence electrons. The van der Waals surface area contributed by atoms with E-state index < -0.39 is 9.84 Å². The summed E-state index contributed by atoms with van der Waals surface area (Å²) in [7, 11) is -3.05. The number of thioether (sulfide) groups is 1. The Labute approximate surface area is 181 Å². The first-order valence-electron chi connectivity index (χ1n) is 9.99. The molecule has 0 saturated carbocycles. The van der Waals surface area contributed by atoms with Crippen LogP contribution in [0.5, 0.6) is 0 Å². The first-order chi connectivity index (χ1) is 13.8. The van der Waals surface area contributed by atoms with Gasteiger partial charge in [-0.1, -0.05) is 31.2 Å². The van der Waals surface area contributed by atoms with Gasteiger partial charge in [0, 0.05) is 23.2 Å². The SMILES string of the molecule is CCCCn1c(SCC(=O)N(Cc2cccs2)C2CCS(=O)(=O)C2)nc(C)c1C. The molecule has 0 N–H and O–H groups in total. The number of thiophene rings is 1. The van der Waals surface area contributed by atoms with E-state index in [1.165, 1.54) is 11.8 Å². The summed E-state index contributed by atoms with van der Waals surface area (Å²) in [4.78, 5) is 20.6. The lowest BCUT2D eigenvalue weighted by Crippen LogP contribution is -2.41. The van der Waals surface area contributed by atoms with Crippen LogP contribution < -0.4 is 0 Å².